The highest BCUT2D eigenvalue weighted by molar-refractivity contribution is 5.74. The van der Waals surface area contributed by atoms with Crippen molar-refractivity contribution in [3.8, 4) is 0 Å². The van der Waals surface area contributed by atoms with E-state index >= 15 is 0 Å². The minimum atomic E-state index is -0.425. The summed E-state index contributed by atoms with van der Waals surface area (Å²) in [6.07, 6.45) is 4.11. The van der Waals surface area contributed by atoms with Crippen LogP contribution in [0, 0.1) is 11.6 Å². The molecule has 0 amide bonds. The monoisotopic (exact) mass is 246 g/mol. The van der Waals surface area contributed by atoms with Gasteiger partial charge in [0, 0.05) is 11.6 Å². The van der Waals surface area contributed by atoms with Crippen molar-refractivity contribution in [2.45, 2.75) is 6.54 Å². The lowest BCUT2D eigenvalue weighted by atomic mass is 10.3. The molecule has 3 heterocycles. The van der Waals surface area contributed by atoms with E-state index in [2.05, 4.69) is 15.1 Å². The van der Waals surface area contributed by atoms with Crippen LogP contribution in [0.2, 0.25) is 0 Å². The van der Waals surface area contributed by atoms with Gasteiger partial charge in [0.1, 0.15) is 11.6 Å². The molecular formula is C12H8F2N4. The molecule has 0 aliphatic rings. The Morgan fingerprint density at radius 3 is 2.89 bits per heavy atom. The molecule has 0 fully saturated rings. The van der Waals surface area contributed by atoms with Gasteiger partial charge in [0.15, 0.2) is 5.65 Å². The minimum absolute atomic E-state index is 0.162. The molecule has 0 unspecified atom stereocenters. The summed E-state index contributed by atoms with van der Waals surface area (Å²) in [5.74, 6) is -0.825. The minimum Gasteiger partial charge on any atom is -0.256 e. The molecule has 18 heavy (non-hydrogen) atoms. The molecule has 90 valence electrons. The summed E-state index contributed by atoms with van der Waals surface area (Å²) in [7, 11) is 0. The van der Waals surface area contributed by atoms with Crippen molar-refractivity contribution in [3.63, 3.8) is 0 Å². The van der Waals surface area contributed by atoms with Crippen LogP contribution in [0.15, 0.2) is 36.8 Å². The van der Waals surface area contributed by atoms with Crippen LogP contribution in [-0.4, -0.2) is 19.7 Å². The van der Waals surface area contributed by atoms with E-state index in [1.807, 2.05) is 0 Å². The van der Waals surface area contributed by atoms with E-state index in [4.69, 9.17) is 0 Å². The zero-order chi connectivity index (χ0) is 12.5. The quantitative estimate of drug-likeness (QED) is 0.696. The third-order valence-corrected chi connectivity index (χ3v) is 2.58. The molecule has 0 radical (unpaired) electrons. The van der Waals surface area contributed by atoms with E-state index in [1.165, 1.54) is 35.3 Å². The van der Waals surface area contributed by atoms with E-state index in [0.717, 1.165) is 6.20 Å². The SMILES string of the molecule is Fc1cnc2c(cnn2Cc2ncccc2F)c1. The van der Waals surface area contributed by atoms with Gasteiger partial charge < -0.3 is 0 Å². The third-order valence-electron chi connectivity index (χ3n) is 2.58. The molecule has 4 nitrogen and oxygen atoms in total. The highest BCUT2D eigenvalue weighted by atomic mass is 19.1. The second-order valence-electron chi connectivity index (χ2n) is 3.80. The van der Waals surface area contributed by atoms with Gasteiger partial charge in [-0.1, -0.05) is 0 Å². The van der Waals surface area contributed by atoms with Gasteiger partial charge >= 0.3 is 0 Å². The molecule has 3 aromatic rings. The lowest BCUT2D eigenvalue weighted by Crippen LogP contribution is -2.06. The van der Waals surface area contributed by atoms with Crippen LogP contribution in [0.1, 0.15) is 5.69 Å². The maximum absolute atomic E-state index is 13.5. The number of halogens is 2. The fraction of sp³-hybridized carbons (Fsp3) is 0.0833. The Bertz CT molecular complexity index is 708. The topological polar surface area (TPSA) is 43.6 Å². The van der Waals surface area contributed by atoms with Gasteiger partial charge in [0.25, 0.3) is 0 Å². The number of rotatable bonds is 2. The summed E-state index contributed by atoms with van der Waals surface area (Å²) in [6.45, 7) is 0.162. The Hall–Kier alpha value is -2.37. The summed E-state index contributed by atoms with van der Waals surface area (Å²) in [4.78, 5) is 7.88. The largest absolute Gasteiger partial charge is 0.256 e. The zero-order valence-electron chi connectivity index (χ0n) is 9.22. The molecule has 0 N–H and O–H groups in total. The molecule has 3 rings (SSSR count). The Morgan fingerprint density at radius 1 is 1.17 bits per heavy atom. The second-order valence-corrected chi connectivity index (χ2v) is 3.80. The van der Waals surface area contributed by atoms with Crippen LogP contribution in [0.25, 0.3) is 11.0 Å². The highest BCUT2D eigenvalue weighted by Gasteiger charge is 2.09. The van der Waals surface area contributed by atoms with Gasteiger partial charge in [-0.15, -0.1) is 0 Å². The number of aromatic nitrogens is 4. The maximum atomic E-state index is 13.5. The van der Waals surface area contributed by atoms with E-state index in [0.29, 0.717) is 11.0 Å². The molecule has 6 heteroatoms. The van der Waals surface area contributed by atoms with Crippen molar-refractivity contribution in [1.82, 2.24) is 19.7 Å². The Kier molecular flexibility index (Phi) is 2.47. The standard InChI is InChI=1S/C12H8F2N4/c13-9-4-8-5-17-18(12(8)16-6-9)7-11-10(14)2-1-3-15-11/h1-6H,7H2. The van der Waals surface area contributed by atoms with Gasteiger partial charge in [0.2, 0.25) is 0 Å². The molecule has 0 spiro atoms. The number of hydrogen-bond donors (Lipinski definition) is 0. The third kappa shape index (κ3) is 1.81. The molecule has 0 bridgehead atoms. The molecule has 0 atom stereocenters. The summed E-state index contributed by atoms with van der Waals surface area (Å²) < 4.78 is 27.9. The molecule has 0 aliphatic carbocycles. The van der Waals surface area contributed by atoms with Crippen LogP contribution in [0.3, 0.4) is 0 Å². The van der Waals surface area contributed by atoms with Gasteiger partial charge in [-0.2, -0.15) is 5.10 Å². The van der Waals surface area contributed by atoms with Crippen LogP contribution in [-0.2, 0) is 6.54 Å². The Balaban J connectivity index is 2.03. The van der Waals surface area contributed by atoms with Crippen molar-refractivity contribution in [2.24, 2.45) is 0 Å². The fourth-order valence-electron chi connectivity index (χ4n) is 1.74. The van der Waals surface area contributed by atoms with Crippen molar-refractivity contribution >= 4 is 11.0 Å². The predicted octanol–water partition coefficient (Wildman–Crippen LogP) is 2.15. The molecule has 0 aliphatic heterocycles. The molecule has 0 saturated carbocycles. The first-order chi connectivity index (χ1) is 8.74. The van der Waals surface area contributed by atoms with E-state index in [-0.39, 0.29) is 12.2 Å². The summed E-state index contributed by atoms with van der Waals surface area (Å²) in [6, 6.07) is 4.19. The van der Waals surface area contributed by atoms with Crippen LogP contribution >= 0.6 is 0 Å². The van der Waals surface area contributed by atoms with Gasteiger partial charge in [-0.3, -0.25) is 4.98 Å². The number of fused-ring (bicyclic) bond motifs is 1. The average molecular weight is 246 g/mol. The zero-order valence-corrected chi connectivity index (χ0v) is 9.22. The van der Waals surface area contributed by atoms with Crippen molar-refractivity contribution in [3.05, 3.63) is 54.1 Å². The lowest BCUT2D eigenvalue weighted by molar-refractivity contribution is 0.574. The molecule has 0 aromatic carbocycles. The molecular weight excluding hydrogens is 238 g/mol. The number of hydrogen-bond acceptors (Lipinski definition) is 3. The maximum Gasteiger partial charge on any atom is 0.158 e. The smallest absolute Gasteiger partial charge is 0.158 e. The number of pyridine rings is 2. The first-order valence-corrected chi connectivity index (χ1v) is 5.30. The summed E-state index contributed by atoms with van der Waals surface area (Å²) >= 11 is 0. The summed E-state index contributed by atoms with van der Waals surface area (Å²) in [5.41, 5.74) is 0.773. The molecule has 3 aromatic heterocycles. The van der Waals surface area contributed by atoms with Crippen molar-refractivity contribution in [1.29, 1.82) is 0 Å². The lowest BCUT2D eigenvalue weighted by Gasteiger charge is -2.03. The molecule has 0 saturated heterocycles. The van der Waals surface area contributed by atoms with Gasteiger partial charge in [-0.25, -0.2) is 18.4 Å². The van der Waals surface area contributed by atoms with E-state index < -0.39 is 11.6 Å². The van der Waals surface area contributed by atoms with Gasteiger partial charge in [0.05, 0.1) is 24.6 Å². The van der Waals surface area contributed by atoms with E-state index in [9.17, 15) is 8.78 Å². The van der Waals surface area contributed by atoms with Crippen molar-refractivity contribution < 1.29 is 8.78 Å². The first kappa shape index (κ1) is 10.8. The van der Waals surface area contributed by atoms with Crippen LogP contribution < -0.4 is 0 Å². The Labute approximate surface area is 101 Å². The van der Waals surface area contributed by atoms with Crippen LogP contribution in [0.4, 0.5) is 8.78 Å². The average Bonchev–Trinajstić information content (AvgIpc) is 2.74. The number of nitrogens with zero attached hydrogens (tertiary/aromatic N) is 4. The Morgan fingerprint density at radius 2 is 2.06 bits per heavy atom. The normalized spacial score (nSPS) is 11.0. The highest BCUT2D eigenvalue weighted by Crippen LogP contribution is 2.14. The van der Waals surface area contributed by atoms with E-state index in [1.54, 1.807) is 0 Å². The van der Waals surface area contributed by atoms with Crippen LogP contribution in [0.5, 0.6) is 0 Å². The summed E-state index contributed by atoms with van der Waals surface area (Å²) in [5, 5.41) is 4.63. The second kappa shape index (κ2) is 4.14. The predicted molar refractivity (Wildman–Crippen MR) is 60.8 cm³/mol. The van der Waals surface area contributed by atoms with Gasteiger partial charge in [-0.05, 0) is 18.2 Å². The van der Waals surface area contributed by atoms with Crippen molar-refractivity contribution in [2.75, 3.05) is 0 Å². The fourth-order valence-corrected chi connectivity index (χ4v) is 1.74. The first-order valence-electron chi connectivity index (χ1n) is 5.30.